The van der Waals surface area contributed by atoms with Crippen molar-refractivity contribution >= 4 is 5.97 Å². The second-order valence-corrected chi connectivity index (χ2v) is 5.15. The van der Waals surface area contributed by atoms with Gasteiger partial charge in [-0.3, -0.25) is 4.79 Å². The van der Waals surface area contributed by atoms with Gasteiger partial charge in [-0.1, -0.05) is 0 Å². The lowest BCUT2D eigenvalue weighted by Crippen LogP contribution is -2.36. The highest BCUT2D eigenvalue weighted by atomic mass is 16.6. The molecule has 4 heteroatoms. The van der Waals surface area contributed by atoms with Gasteiger partial charge in [0.2, 0.25) is 0 Å². The fourth-order valence-corrected chi connectivity index (χ4v) is 1.16. The van der Waals surface area contributed by atoms with E-state index in [1.807, 2.05) is 34.6 Å². The van der Waals surface area contributed by atoms with Crippen molar-refractivity contribution in [3.63, 3.8) is 0 Å². The predicted octanol–water partition coefficient (Wildman–Crippen LogP) is 1.73. The van der Waals surface area contributed by atoms with E-state index in [2.05, 4.69) is 5.32 Å². The fourth-order valence-electron chi connectivity index (χ4n) is 1.16. The minimum absolute atomic E-state index is 0.104. The lowest BCUT2D eigenvalue weighted by Gasteiger charge is -2.22. The summed E-state index contributed by atoms with van der Waals surface area (Å²) in [6.45, 7) is 10.3. The molecule has 0 aliphatic heterocycles. The molecule has 0 aliphatic rings. The Morgan fingerprint density at radius 2 is 1.88 bits per heavy atom. The second-order valence-electron chi connectivity index (χ2n) is 5.15. The van der Waals surface area contributed by atoms with Crippen LogP contribution in [0.15, 0.2) is 0 Å². The number of nitrogens with one attached hydrogen (secondary N) is 1. The van der Waals surface area contributed by atoms with E-state index < -0.39 is 5.60 Å². The normalized spacial score (nSPS) is 15.6. The van der Waals surface area contributed by atoms with Gasteiger partial charge in [-0.25, -0.2) is 0 Å². The van der Waals surface area contributed by atoms with Crippen LogP contribution in [0.2, 0.25) is 0 Å². The van der Waals surface area contributed by atoms with Gasteiger partial charge in [0.15, 0.2) is 0 Å². The summed E-state index contributed by atoms with van der Waals surface area (Å²) in [4.78, 5) is 11.5. The van der Waals surface area contributed by atoms with Gasteiger partial charge >= 0.3 is 5.97 Å². The molecule has 0 saturated heterocycles. The van der Waals surface area contributed by atoms with Gasteiger partial charge in [0.05, 0.1) is 12.5 Å². The van der Waals surface area contributed by atoms with E-state index in [0.717, 1.165) is 6.54 Å². The third-order valence-electron chi connectivity index (χ3n) is 2.05. The zero-order valence-electron chi connectivity index (χ0n) is 11.3. The maximum Gasteiger partial charge on any atom is 0.307 e. The van der Waals surface area contributed by atoms with Crippen molar-refractivity contribution in [2.75, 3.05) is 13.7 Å². The summed E-state index contributed by atoms with van der Waals surface area (Å²) >= 11 is 0. The monoisotopic (exact) mass is 231 g/mol. The summed E-state index contributed by atoms with van der Waals surface area (Å²) in [5.41, 5.74) is -0.406. The summed E-state index contributed by atoms with van der Waals surface area (Å²) in [5.74, 6) is -0.169. The first-order valence-electron chi connectivity index (χ1n) is 5.72. The molecule has 0 bridgehead atoms. The van der Waals surface area contributed by atoms with Crippen molar-refractivity contribution in [3.8, 4) is 0 Å². The van der Waals surface area contributed by atoms with Crippen LogP contribution in [0.25, 0.3) is 0 Å². The Morgan fingerprint density at radius 1 is 1.31 bits per heavy atom. The van der Waals surface area contributed by atoms with Gasteiger partial charge in [-0.15, -0.1) is 0 Å². The minimum atomic E-state index is -0.406. The van der Waals surface area contributed by atoms with Crippen LogP contribution >= 0.6 is 0 Å². The zero-order valence-corrected chi connectivity index (χ0v) is 11.3. The van der Waals surface area contributed by atoms with Crippen LogP contribution in [0, 0.1) is 0 Å². The number of ether oxygens (including phenoxy) is 2. The van der Waals surface area contributed by atoms with E-state index in [9.17, 15) is 4.79 Å². The SMILES string of the molecule is COC(C)CN[C@H](C)CC(=O)OC(C)(C)C. The fraction of sp³-hybridized carbons (Fsp3) is 0.917. The van der Waals surface area contributed by atoms with Gasteiger partial charge < -0.3 is 14.8 Å². The Morgan fingerprint density at radius 3 is 2.31 bits per heavy atom. The molecule has 0 aromatic rings. The summed E-state index contributed by atoms with van der Waals surface area (Å²) < 4.78 is 10.3. The average molecular weight is 231 g/mol. The Balaban J connectivity index is 3.79. The maximum atomic E-state index is 11.5. The molecule has 0 aliphatic carbocycles. The molecule has 0 rings (SSSR count). The van der Waals surface area contributed by atoms with Crippen molar-refractivity contribution in [3.05, 3.63) is 0 Å². The molecule has 96 valence electrons. The molecule has 0 amide bonds. The first-order chi connectivity index (χ1) is 7.24. The zero-order chi connectivity index (χ0) is 12.8. The van der Waals surface area contributed by atoms with E-state index in [-0.39, 0.29) is 18.1 Å². The summed E-state index contributed by atoms with van der Waals surface area (Å²) in [6, 6.07) is 0.104. The summed E-state index contributed by atoms with van der Waals surface area (Å²) in [5, 5.41) is 3.22. The first kappa shape index (κ1) is 15.4. The van der Waals surface area contributed by atoms with Crippen LogP contribution < -0.4 is 5.32 Å². The molecule has 0 aromatic heterocycles. The van der Waals surface area contributed by atoms with E-state index in [0.29, 0.717) is 6.42 Å². The van der Waals surface area contributed by atoms with Crippen LogP contribution in [-0.2, 0) is 14.3 Å². The molecule has 0 heterocycles. The average Bonchev–Trinajstić information content (AvgIpc) is 2.10. The number of methoxy groups -OCH3 is 1. The lowest BCUT2D eigenvalue weighted by atomic mass is 10.2. The number of carbonyl (C=O) groups is 1. The number of esters is 1. The van der Waals surface area contributed by atoms with Crippen LogP contribution in [0.1, 0.15) is 41.0 Å². The number of carbonyl (C=O) groups excluding carboxylic acids is 1. The maximum absolute atomic E-state index is 11.5. The predicted molar refractivity (Wildman–Crippen MR) is 64.4 cm³/mol. The van der Waals surface area contributed by atoms with Crippen molar-refractivity contribution in [2.24, 2.45) is 0 Å². The van der Waals surface area contributed by atoms with Gasteiger partial charge in [0.1, 0.15) is 5.60 Å². The van der Waals surface area contributed by atoms with Crippen molar-refractivity contribution in [2.45, 2.75) is 58.8 Å². The highest BCUT2D eigenvalue weighted by molar-refractivity contribution is 5.70. The van der Waals surface area contributed by atoms with Gasteiger partial charge in [-0.05, 0) is 34.6 Å². The van der Waals surface area contributed by atoms with E-state index in [1.165, 1.54) is 0 Å². The van der Waals surface area contributed by atoms with Gasteiger partial charge in [-0.2, -0.15) is 0 Å². The molecule has 2 atom stereocenters. The summed E-state index contributed by atoms with van der Waals surface area (Å²) in [7, 11) is 1.67. The Labute approximate surface area is 98.7 Å². The molecular formula is C12H25NO3. The highest BCUT2D eigenvalue weighted by Gasteiger charge is 2.18. The topological polar surface area (TPSA) is 47.6 Å². The molecule has 0 radical (unpaired) electrons. The molecule has 0 saturated carbocycles. The van der Waals surface area contributed by atoms with Crippen LogP contribution in [0.3, 0.4) is 0 Å². The van der Waals surface area contributed by atoms with Crippen LogP contribution in [0.4, 0.5) is 0 Å². The third-order valence-corrected chi connectivity index (χ3v) is 2.05. The molecule has 1 N–H and O–H groups in total. The molecule has 0 spiro atoms. The van der Waals surface area contributed by atoms with E-state index in [1.54, 1.807) is 7.11 Å². The molecule has 1 unspecified atom stereocenters. The Kier molecular flexibility index (Phi) is 6.60. The smallest absolute Gasteiger partial charge is 0.307 e. The van der Waals surface area contributed by atoms with Crippen molar-refractivity contribution in [1.82, 2.24) is 5.32 Å². The molecule has 0 fully saturated rings. The molecule has 4 nitrogen and oxygen atoms in total. The summed E-state index contributed by atoms with van der Waals surface area (Å²) in [6.07, 6.45) is 0.536. The quantitative estimate of drug-likeness (QED) is 0.707. The second kappa shape index (κ2) is 6.86. The van der Waals surface area contributed by atoms with Crippen LogP contribution in [-0.4, -0.2) is 37.4 Å². The van der Waals surface area contributed by atoms with Crippen molar-refractivity contribution < 1.29 is 14.3 Å². The first-order valence-corrected chi connectivity index (χ1v) is 5.72. The van der Waals surface area contributed by atoms with Gasteiger partial charge in [0.25, 0.3) is 0 Å². The molecule has 16 heavy (non-hydrogen) atoms. The standard InChI is InChI=1S/C12H25NO3/c1-9(13-8-10(2)15-6)7-11(14)16-12(3,4)5/h9-10,13H,7-8H2,1-6H3/t9-,10?/m1/s1. The Bertz CT molecular complexity index is 211. The largest absolute Gasteiger partial charge is 0.460 e. The number of hydrogen-bond donors (Lipinski definition) is 1. The van der Waals surface area contributed by atoms with E-state index >= 15 is 0 Å². The molecule has 0 aromatic carbocycles. The van der Waals surface area contributed by atoms with Crippen molar-refractivity contribution in [1.29, 1.82) is 0 Å². The number of hydrogen-bond acceptors (Lipinski definition) is 4. The van der Waals surface area contributed by atoms with Crippen LogP contribution in [0.5, 0.6) is 0 Å². The van der Waals surface area contributed by atoms with E-state index in [4.69, 9.17) is 9.47 Å². The molecular weight excluding hydrogens is 206 g/mol. The number of rotatable bonds is 6. The lowest BCUT2D eigenvalue weighted by molar-refractivity contribution is -0.155. The Hall–Kier alpha value is -0.610. The minimum Gasteiger partial charge on any atom is -0.460 e. The van der Waals surface area contributed by atoms with Gasteiger partial charge in [0, 0.05) is 19.7 Å². The third kappa shape index (κ3) is 8.68. The highest BCUT2D eigenvalue weighted by Crippen LogP contribution is 2.09.